The maximum absolute atomic E-state index is 9.89. The standard InChI is InChI=1S/C2H3ClOS2/c1-6(3)2(4)5/h1H3/p+1. The summed E-state index contributed by atoms with van der Waals surface area (Å²) in [5.74, 6) is 0. The van der Waals surface area contributed by atoms with E-state index in [0.29, 0.717) is 0 Å². The smallest absolute Gasteiger partial charge is 0.223 e. The van der Waals surface area contributed by atoms with Gasteiger partial charge in [-0.05, 0) is 12.6 Å². The Hall–Kier alpha value is 0.660. The number of halogens is 1. The highest BCUT2D eigenvalue weighted by molar-refractivity contribution is 8.41. The van der Waals surface area contributed by atoms with Crippen molar-refractivity contribution in [2.24, 2.45) is 0 Å². The van der Waals surface area contributed by atoms with Crippen LogP contribution in [0.15, 0.2) is 0 Å². The van der Waals surface area contributed by atoms with E-state index in [2.05, 4.69) is 12.6 Å². The van der Waals surface area contributed by atoms with E-state index in [1.165, 1.54) is 0 Å². The van der Waals surface area contributed by atoms with Crippen molar-refractivity contribution in [2.75, 3.05) is 6.26 Å². The molecular formula is C2H4ClOS2+. The third-order valence-electron chi connectivity index (χ3n) is 0.241. The number of hydrogen-bond acceptors (Lipinski definition) is 1. The largest absolute Gasteiger partial charge is 0.405 e. The second-order valence-corrected chi connectivity index (χ2v) is 4.04. The quantitative estimate of drug-likeness (QED) is 0.401. The molecule has 36 valence electrons. The van der Waals surface area contributed by atoms with E-state index in [0.717, 1.165) is 0 Å². The average Bonchev–Trinajstić information content (AvgIpc) is 1.36. The number of rotatable bonds is 0. The summed E-state index contributed by atoms with van der Waals surface area (Å²) in [7, 11) is 4.54. The molecule has 0 aromatic heterocycles. The van der Waals surface area contributed by atoms with Gasteiger partial charge in [0.1, 0.15) is 6.26 Å². The van der Waals surface area contributed by atoms with E-state index in [9.17, 15) is 4.79 Å². The molecule has 1 nitrogen and oxygen atoms in total. The van der Waals surface area contributed by atoms with Crippen LogP contribution in [-0.4, -0.2) is 10.7 Å². The van der Waals surface area contributed by atoms with Crippen LogP contribution in [0.25, 0.3) is 0 Å². The van der Waals surface area contributed by atoms with Gasteiger partial charge in [0.15, 0.2) is 20.8 Å². The van der Waals surface area contributed by atoms with Crippen LogP contribution in [0.1, 0.15) is 0 Å². The Morgan fingerprint density at radius 1 is 2.00 bits per heavy atom. The molecule has 0 bridgehead atoms. The Balaban J connectivity index is 3.26. The minimum Gasteiger partial charge on any atom is -0.223 e. The van der Waals surface area contributed by atoms with Crippen molar-refractivity contribution in [2.45, 2.75) is 0 Å². The van der Waals surface area contributed by atoms with Gasteiger partial charge >= 0.3 is 4.45 Å². The number of hydrogen-bond donors (Lipinski definition) is 1. The van der Waals surface area contributed by atoms with Gasteiger partial charge in [0.2, 0.25) is 0 Å². The minimum atomic E-state index is -0.670. The molecule has 1 atom stereocenters. The molecule has 0 N–H and O–H groups in total. The predicted molar refractivity (Wildman–Crippen MR) is 33.5 cm³/mol. The fraction of sp³-hybridized carbons (Fsp3) is 0.500. The van der Waals surface area contributed by atoms with Crippen molar-refractivity contribution in [1.82, 2.24) is 0 Å². The third kappa shape index (κ3) is 2.87. The number of thiol groups is 1. The zero-order valence-electron chi connectivity index (χ0n) is 3.14. The second-order valence-electron chi connectivity index (χ2n) is 0.701. The molecule has 0 fully saturated rings. The maximum Gasteiger partial charge on any atom is 0.405 e. The Bertz CT molecular complexity index is 62.6. The van der Waals surface area contributed by atoms with Gasteiger partial charge in [-0.1, -0.05) is 0 Å². The number of carbonyl (C=O) groups is 1. The normalized spacial score (nSPS) is 13.8. The van der Waals surface area contributed by atoms with Crippen molar-refractivity contribution in [1.29, 1.82) is 0 Å². The summed E-state index contributed by atoms with van der Waals surface area (Å²) in [6.45, 7) is 0. The van der Waals surface area contributed by atoms with Gasteiger partial charge in [-0.3, -0.25) is 0 Å². The van der Waals surface area contributed by atoms with Crippen molar-refractivity contribution < 1.29 is 4.79 Å². The van der Waals surface area contributed by atoms with Gasteiger partial charge in [0.25, 0.3) is 0 Å². The first-order chi connectivity index (χ1) is 2.64. The topological polar surface area (TPSA) is 17.1 Å². The number of carbonyl (C=O) groups excluding carboxylic acids is 1. The zero-order chi connectivity index (χ0) is 5.15. The molecule has 0 spiro atoms. The molecule has 0 saturated heterocycles. The van der Waals surface area contributed by atoms with Crippen LogP contribution in [0.4, 0.5) is 4.79 Å². The molecule has 0 aliphatic carbocycles. The van der Waals surface area contributed by atoms with Crippen LogP contribution in [0, 0.1) is 0 Å². The lowest BCUT2D eigenvalue weighted by molar-refractivity contribution is 0.276. The summed E-state index contributed by atoms with van der Waals surface area (Å²) in [5, 5.41) is 0. The van der Waals surface area contributed by atoms with E-state index < -0.39 is 10.1 Å². The average molecular weight is 144 g/mol. The Kier molecular flexibility index (Phi) is 3.08. The van der Waals surface area contributed by atoms with Gasteiger partial charge in [-0.2, -0.15) is 0 Å². The van der Waals surface area contributed by atoms with Gasteiger partial charge in [0.05, 0.1) is 0 Å². The molecule has 1 unspecified atom stereocenters. The molecule has 0 aromatic rings. The lowest BCUT2D eigenvalue weighted by Gasteiger charge is -1.72. The van der Waals surface area contributed by atoms with Gasteiger partial charge < -0.3 is 0 Å². The molecule has 0 amide bonds. The first-order valence-corrected chi connectivity index (χ1v) is 4.10. The van der Waals surface area contributed by atoms with E-state index in [4.69, 9.17) is 10.7 Å². The summed E-state index contributed by atoms with van der Waals surface area (Å²) < 4.78 is -0.253. The monoisotopic (exact) mass is 143 g/mol. The summed E-state index contributed by atoms with van der Waals surface area (Å²) in [6.07, 6.45) is 1.61. The van der Waals surface area contributed by atoms with Crippen LogP contribution >= 0.6 is 23.3 Å². The van der Waals surface area contributed by atoms with E-state index in [1.807, 2.05) is 0 Å². The van der Waals surface area contributed by atoms with Crippen molar-refractivity contribution >= 4 is 37.9 Å². The van der Waals surface area contributed by atoms with Crippen molar-refractivity contribution in [3.05, 3.63) is 0 Å². The highest BCUT2D eigenvalue weighted by Gasteiger charge is 2.14. The summed E-state index contributed by atoms with van der Waals surface area (Å²) in [6, 6.07) is 0. The highest BCUT2D eigenvalue weighted by Crippen LogP contribution is 2.02. The molecule has 0 radical (unpaired) electrons. The molecule has 4 heteroatoms. The van der Waals surface area contributed by atoms with Gasteiger partial charge in [-0.25, -0.2) is 4.79 Å². The highest BCUT2D eigenvalue weighted by atomic mass is 35.7. The van der Waals surface area contributed by atoms with E-state index >= 15 is 0 Å². The third-order valence-corrected chi connectivity index (χ3v) is 2.29. The minimum absolute atomic E-state index is 0.253. The maximum atomic E-state index is 9.89. The van der Waals surface area contributed by atoms with Gasteiger partial charge in [0, 0.05) is 0 Å². The van der Waals surface area contributed by atoms with Crippen molar-refractivity contribution in [3.8, 4) is 0 Å². The molecule has 6 heavy (non-hydrogen) atoms. The fourth-order valence-corrected chi connectivity index (χ4v) is 0. The molecule has 0 aromatic carbocycles. The van der Waals surface area contributed by atoms with Gasteiger partial charge in [-0.15, -0.1) is 0 Å². The first kappa shape index (κ1) is 6.66. The lowest BCUT2D eigenvalue weighted by atomic mass is 11.8. The van der Waals surface area contributed by atoms with E-state index in [-0.39, 0.29) is 4.45 Å². The molecule has 0 heterocycles. The van der Waals surface area contributed by atoms with E-state index in [1.54, 1.807) is 6.26 Å². The molecule has 0 aliphatic rings. The zero-order valence-corrected chi connectivity index (χ0v) is 5.61. The molecule has 0 aliphatic heterocycles. The van der Waals surface area contributed by atoms with Crippen LogP contribution in [-0.2, 0) is 10.1 Å². The Morgan fingerprint density at radius 3 is 2.17 bits per heavy atom. The van der Waals surface area contributed by atoms with Crippen molar-refractivity contribution in [3.63, 3.8) is 0 Å². The predicted octanol–water partition coefficient (Wildman–Crippen LogP) is 1.44. The molecule has 0 rings (SSSR count). The summed E-state index contributed by atoms with van der Waals surface area (Å²) in [4.78, 5) is 9.89. The lowest BCUT2D eigenvalue weighted by Crippen LogP contribution is -1.92. The van der Waals surface area contributed by atoms with Crippen LogP contribution < -0.4 is 0 Å². The SMILES string of the molecule is C[S+](Cl)C(=O)S. The Labute approximate surface area is 49.3 Å². The summed E-state index contributed by atoms with van der Waals surface area (Å²) >= 11 is 3.43. The fourth-order valence-electron chi connectivity index (χ4n) is 0. The van der Waals surface area contributed by atoms with Crippen LogP contribution in [0.5, 0.6) is 0 Å². The molecule has 0 saturated carbocycles. The van der Waals surface area contributed by atoms with Crippen LogP contribution in [0.3, 0.4) is 0 Å². The first-order valence-electron chi connectivity index (χ1n) is 1.19. The second kappa shape index (κ2) is 2.77. The summed E-state index contributed by atoms with van der Waals surface area (Å²) in [5.41, 5.74) is 0. The molecular weight excluding hydrogens is 140 g/mol. The van der Waals surface area contributed by atoms with Crippen LogP contribution in [0.2, 0.25) is 0 Å². The Morgan fingerprint density at radius 2 is 2.17 bits per heavy atom.